The van der Waals surface area contributed by atoms with Crippen molar-refractivity contribution in [3.63, 3.8) is 0 Å². The number of benzene rings is 2. The number of hydrogen-bond acceptors (Lipinski definition) is 5. The summed E-state index contributed by atoms with van der Waals surface area (Å²) in [5.74, 6) is -2.21. The monoisotopic (exact) mass is 435 g/mol. The van der Waals surface area contributed by atoms with E-state index in [4.69, 9.17) is 4.74 Å². The van der Waals surface area contributed by atoms with Gasteiger partial charge >= 0.3 is 5.97 Å². The topological polar surface area (TPSA) is 96.0 Å². The van der Waals surface area contributed by atoms with E-state index in [1.54, 1.807) is 29.2 Å². The fourth-order valence-corrected chi connectivity index (χ4v) is 4.10. The molecule has 2 aliphatic rings. The Hall–Kier alpha value is -3.68. The molecule has 1 N–H and O–H groups in total. The van der Waals surface area contributed by atoms with Gasteiger partial charge in [-0.05, 0) is 50.1 Å². The molecule has 2 heterocycles. The molecular formula is C24H25N3O5. The third-order valence-corrected chi connectivity index (χ3v) is 6.00. The molecule has 0 aromatic heterocycles. The summed E-state index contributed by atoms with van der Waals surface area (Å²) >= 11 is 0. The molecule has 8 nitrogen and oxygen atoms in total. The van der Waals surface area contributed by atoms with E-state index in [9.17, 15) is 19.2 Å². The summed E-state index contributed by atoms with van der Waals surface area (Å²) in [6.45, 7) is 5.45. The second-order valence-corrected chi connectivity index (χ2v) is 8.19. The first-order valence-electron chi connectivity index (χ1n) is 10.5. The van der Waals surface area contributed by atoms with E-state index in [0.717, 1.165) is 16.8 Å². The first kappa shape index (κ1) is 21.5. The van der Waals surface area contributed by atoms with Gasteiger partial charge in [0.15, 0.2) is 6.10 Å². The van der Waals surface area contributed by atoms with E-state index in [-0.39, 0.29) is 31.3 Å². The molecule has 2 aromatic carbocycles. The quantitative estimate of drug-likeness (QED) is 0.745. The smallest absolute Gasteiger partial charge is 0.312 e. The van der Waals surface area contributed by atoms with Gasteiger partial charge in [-0.1, -0.05) is 24.3 Å². The van der Waals surface area contributed by atoms with E-state index in [1.807, 2.05) is 32.0 Å². The van der Waals surface area contributed by atoms with Crippen molar-refractivity contribution in [2.75, 3.05) is 28.2 Å². The number of esters is 1. The molecule has 3 amide bonds. The first-order chi connectivity index (χ1) is 15.3. The second-order valence-electron chi connectivity index (χ2n) is 8.19. The van der Waals surface area contributed by atoms with Crippen molar-refractivity contribution >= 4 is 40.8 Å². The van der Waals surface area contributed by atoms with Crippen molar-refractivity contribution in [3.05, 3.63) is 53.6 Å². The van der Waals surface area contributed by atoms with Crippen LogP contribution in [0.3, 0.4) is 0 Å². The highest BCUT2D eigenvalue weighted by atomic mass is 16.5. The number of carbonyl (C=O) groups excluding carboxylic acids is 4. The predicted octanol–water partition coefficient (Wildman–Crippen LogP) is 2.57. The average Bonchev–Trinajstić information content (AvgIpc) is 3.16. The number of carbonyl (C=O) groups is 4. The minimum atomic E-state index is -1.09. The molecule has 32 heavy (non-hydrogen) atoms. The van der Waals surface area contributed by atoms with E-state index < -0.39 is 23.9 Å². The van der Waals surface area contributed by atoms with Crippen LogP contribution in [0.5, 0.6) is 0 Å². The van der Waals surface area contributed by atoms with Crippen LogP contribution in [0.1, 0.15) is 24.5 Å². The summed E-state index contributed by atoms with van der Waals surface area (Å²) in [4.78, 5) is 53.3. The zero-order chi connectivity index (χ0) is 23.0. The van der Waals surface area contributed by atoms with Crippen LogP contribution in [0.4, 0.5) is 17.1 Å². The lowest BCUT2D eigenvalue weighted by Crippen LogP contribution is -2.47. The van der Waals surface area contributed by atoms with Crippen molar-refractivity contribution in [2.45, 2.75) is 33.3 Å². The van der Waals surface area contributed by atoms with Crippen LogP contribution < -0.4 is 15.1 Å². The maximum atomic E-state index is 13.0. The van der Waals surface area contributed by atoms with Crippen molar-refractivity contribution in [3.8, 4) is 0 Å². The van der Waals surface area contributed by atoms with Gasteiger partial charge in [-0.25, -0.2) is 0 Å². The minimum Gasteiger partial charge on any atom is -0.452 e. The number of fused-ring (bicyclic) bond motifs is 1. The van der Waals surface area contributed by atoms with E-state index >= 15 is 0 Å². The Morgan fingerprint density at radius 1 is 1.06 bits per heavy atom. The molecule has 0 unspecified atom stereocenters. The Morgan fingerprint density at radius 3 is 2.56 bits per heavy atom. The van der Waals surface area contributed by atoms with Gasteiger partial charge < -0.3 is 15.0 Å². The lowest BCUT2D eigenvalue weighted by Gasteiger charge is -2.31. The van der Waals surface area contributed by atoms with Gasteiger partial charge in [0, 0.05) is 18.7 Å². The SMILES string of the molecule is Cc1cccc(N2C[C@H](C(=O)O[C@H](C)C(=O)N3CC(=O)Nc4ccccc43)CC2=O)c1C. The molecule has 0 bridgehead atoms. The Kier molecular flexibility index (Phi) is 5.69. The molecule has 2 aromatic rings. The highest BCUT2D eigenvalue weighted by molar-refractivity contribution is 6.11. The van der Waals surface area contributed by atoms with Gasteiger partial charge in [-0.15, -0.1) is 0 Å². The number of nitrogens with one attached hydrogen (secondary N) is 1. The molecule has 8 heteroatoms. The van der Waals surface area contributed by atoms with Crippen LogP contribution in [0.25, 0.3) is 0 Å². The van der Waals surface area contributed by atoms with Crippen LogP contribution in [-0.4, -0.2) is 42.9 Å². The van der Waals surface area contributed by atoms with Crippen molar-refractivity contribution in [1.29, 1.82) is 0 Å². The molecule has 1 saturated heterocycles. The molecule has 166 valence electrons. The molecule has 2 aliphatic heterocycles. The summed E-state index contributed by atoms with van der Waals surface area (Å²) in [5.41, 5.74) is 3.91. The molecule has 1 fully saturated rings. The van der Waals surface area contributed by atoms with Gasteiger partial charge in [0.2, 0.25) is 11.8 Å². The number of amides is 3. The van der Waals surface area contributed by atoms with Gasteiger partial charge in [-0.3, -0.25) is 24.1 Å². The van der Waals surface area contributed by atoms with E-state index in [2.05, 4.69) is 5.32 Å². The zero-order valence-corrected chi connectivity index (χ0v) is 18.3. The minimum absolute atomic E-state index is 0.0298. The number of aryl methyl sites for hydroxylation is 1. The standard InChI is InChI=1S/C24H25N3O5/c1-14-7-6-10-19(15(14)2)26-12-17(11-22(26)29)24(31)32-16(3)23(30)27-13-21(28)25-18-8-4-5-9-20(18)27/h4-10,16-17H,11-13H2,1-3H3,(H,25,28)/t16-,17-/m1/s1. The van der Waals surface area contributed by atoms with E-state index in [1.165, 1.54) is 11.8 Å². The highest BCUT2D eigenvalue weighted by Crippen LogP contribution is 2.31. The third kappa shape index (κ3) is 3.95. The van der Waals surface area contributed by atoms with Crippen molar-refractivity contribution < 1.29 is 23.9 Å². The number of rotatable bonds is 4. The van der Waals surface area contributed by atoms with Gasteiger partial charge in [-0.2, -0.15) is 0 Å². The fourth-order valence-electron chi connectivity index (χ4n) is 4.10. The summed E-state index contributed by atoms with van der Waals surface area (Å²) in [5, 5.41) is 2.72. The molecule has 0 saturated carbocycles. The van der Waals surface area contributed by atoms with Crippen LogP contribution in [0.15, 0.2) is 42.5 Å². The van der Waals surface area contributed by atoms with Crippen LogP contribution in [0, 0.1) is 19.8 Å². The van der Waals surface area contributed by atoms with Gasteiger partial charge in [0.1, 0.15) is 6.54 Å². The van der Waals surface area contributed by atoms with Crippen LogP contribution in [-0.2, 0) is 23.9 Å². The maximum absolute atomic E-state index is 13.0. The highest BCUT2D eigenvalue weighted by Gasteiger charge is 2.39. The lowest BCUT2D eigenvalue weighted by atomic mass is 10.1. The summed E-state index contributed by atoms with van der Waals surface area (Å²) in [7, 11) is 0. The summed E-state index contributed by atoms with van der Waals surface area (Å²) in [6, 6.07) is 12.7. The van der Waals surface area contributed by atoms with Crippen LogP contribution in [0.2, 0.25) is 0 Å². The number of nitrogens with zero attached hydrogens (tertiary/aromatic N) is 2. The lowest BCUT2D eigenvalue weighted by molar-refractivity contribution is -0.157. The molecule has 4 rings (SSSR count). The van der Waals surface area contributed by atoms with Crippen molar-refractivity contribution in [2.24, 2.45) is 5.92 Å². The molecular weight excluding hydrogens is 410 g/mol. The third-order valence-electron chi connectivity index (χ3n) is 6.00. The van der Waals surface area contributed by atoms with E-state index in [0.29, 0.717) is 11.4 Å². The van der Waals surface area contributed by atoms with Crippen LogP contribution >= 0.6 is 0 Å². The summed E-state index contributed by atoms with van der Waals surface area (Å²) < 4.78 is 5.45. The number of hydrogen-bond donors (Lipinski definition) is 1. The van der Waals surface area contributed by atoms with Gasteiger partial charge in [0.05, 0.1) is 17.3 Å². The zero-order valence-electron chi connectivity index (χ0n) is 18.3. The number of anilines is 3. The predicted molar refractivity (Wildman–Crippen MR) is 119 cm³/mol. The largest absolute Gasteiger partial charge is 0.452 e. The molecule has 0 aliphatic carbocycles. The molecule has 2 atom stereocenters. The summed E-state index contributed by atoms with van der Waals surface area (Å²) in [6.07, 6.45) is -1.06. The van der Waals surface area contributed by atoms with Gasteiger partial charge in [0.25, 0.3) is 5.91 Å². The molecule has 0 spiro atoms. The maximum Gasteiger partial charge on any atom is 0.312 e. The Morgan fingerprint density at radius 2 is 1.78 bits per heavy atom. The Balaban J connectivity index is 1.44. The Bertz CT molecular complexity index is 1110. The number of ether oxygens (including phenoxy) is 1. The fraction of sp³-hybridized carbons (Fsp3) is 0.333. The first-order valence-corrected chi connectivity index (χ1v) is 10.5. The Labute approximate surface area is 186 Å². The average molecular weight is 435 g/mol. The second kappa shape index (κ2) is 8.45. The molecule has 0 radical (unpaired) electrons. The van der Waals surface area contributed by atoms with Crippen molar-refractivity contribution in [1.82, 2.24) is 0 Å². The number of para-hydroxylation sites is 2. The normalized spacial score (nSPS) is 18.8.